The first-order chi connectivity index (χ1) is 12.2. The number of amides is 1. The van der Waals surface area contributed by atoms with E-state index in [4.69, 9.17) is 4.42 Å². The van der Waals surface area contributed by atoms with Gasteiger partial charge in [-0.05, 0) is 31.2 Å². The summed E-state index contributed by atoms with van der Waals surface area (Å²) in [6.07, 6.45) is 3.26. The van der Waals surface area contributed by atoms with Crippen LogP contribution >= 0.6 is 0 Å². The highest BCUT2D eigenvalue weighted by molar-refractivity contribution is 6.11. The summed E-state index contributed by atoms with van der Waals surface area (Å²) in [4.78, 5) is 17.3. The molecule has 3 heterocycles. The number of hydrogen-bond donors (Lipinski definition) is 1. The van der Waals surface area contributed by atoms with Crippen molar-refractivity contribution in [1.82, 2.24) is 14.8 Å². The highest BCUT2D eigenvalue weighted by Crippen LogP contribution is 2.19. The van der Waals surface area contributed by atoms with Crippen LogP contribution in [0.5, 0.6) is 0 Å². The van der Waals surface area contributed by atoms with Gasteiger partial charge in [0.2, 0.25) is 0 Å². The molecular weight excluding hydrogens is 316 g/mol. The van der Waals surface area contributed by atoms with Crippen LogP contribution in [-0.4, -0.2) is 20.7 Å². The molecule has 25 heavy (non-hydrogen) atoms. The van der Waals surface area contributed by atoms with Crippen LogP contribution in [0.3, 0.4) is 0 Å². The van der Waals surface area contributed by atoms with Crippen molar-refractivity contribution in [1.29, 1.82) is 0 Å². The summed E-state index contributed by atoms with van der Waals surface area (Å²) in [5.74, 6) is 1.15. The van der Waals surface area contributed by atoms with Crippen molar-refractivity contribution in [3.05, 3.63) is 78.0 Å². The quantitative estimate of drug-likeness (QED) is 0.619. The molecule has 4 aromatic rings. The molecule has 0 aliphatic rings. The average Bonchev–Trinajstić information content (AvgIpc) is 3.27. The molecule has 0 bridgehead atoms. The molecule has 0 saturated carbocycles. The SMILES string of the molecule is Cc1ccc2cccc(C(=O)Nc3ccnn3Cc3ccco3)c2n1. The Hall–Kier alpha value is -3.41. The van der Waals surface area contributed by atoms with E-state index in [1.54, 1.807) is 29.3 Å². The van der Waals surface area contributed by atoms with Crippen LogP contribution in [0, 0.1) is 6.92 Å². The van der Waals surface area contributed by atoms with E-state index in [0.717, 1.165) is 16.8 Å². The zero-order valence-electron chi connectivity index (χ0n) is 13.6. The number of carbonyl (C=O) groups is 1. The normalized spacial score (nSPS) is 10.9. The molecule has 6 nitrogen and oxygen atoms in total. The van der Waals surface area contributed by atoms with Gasteiger partial charge >= 0.3 is 0 Å². The van der Waals surface area contributed by atoms with Gasteiger partial charge in [-0.3, -0.25) is 9.78 Å². The summed E-state index contributed by atoms with van der Waals surface area (Å²) >= 11 is 0. The van der Waals surface area contributed by atoms with Gasteiger partial charge in [0, 0.05) is 17.1 Å². The van der Waals surface area contributed by atoms with Crippen LogP contribution in [0.1, 0.15) is 21.8 Å². The molecular formula is C19H16N4O2. The first kappa shape index (κ1) is 15.1. The lowest BCUT2D eigenvalue weighted by Crippen LogP contribution is -2.16. The molecule has 0 saturated heterocycles. The molecule has 0 fully saturated rings. The zero-order chi connectivity index (χ0) is 17.2. The first-order valence-electron chi connectivity index (χ1n) is 7.92. The van der Waals surface area contributed by atoms with E-state index in [0.29, 0.717) is 23.4 Å². The second kappa shape index (κ2) is 6.24. The largest absolute Gasteiger partial charge is 0.467 e. The third-order valence-corrected chi connectivity index (χ3v) is 3.95. The van der Waals surface area contributed by atoms with E-state index in [1.165, 1.54) is 0 Å². The molecule has 3 aromatic heterocycles. The lowest BCUT2D eigenvalue weighted by molar-refractivity contribution is 0.102. The molecule has 0 spiro atoms. The second-order valence-corrected chi connectivity index (χ2v) is 5.74. The molecule has 0 radical (unpaired) electrons. The Bertz CT molecular complexity index is 1030. The van der Waals surface area contributed by atoms with Crippen molar-refractivity contribution in [2.75, 3.05) is 5.32 Å². The summed E-state index contributed by atoms with van der Waals surface area (Å²) in [7, 11) is 0. The van der Waals surface area contributed by atoms with Gasteiger partial charge < -0.3 is 9.73 Å². The van der Waals surface area contributed by atoms with E-state index < -0.39 is 0 Å². The van der Waals surface area contributed by atoms with Crippen molar-refractivity contribution in [2.24, 2.45) is 0 Å². The zero-order valence-corrected chi connectivity index (χ0v) is 13.6. The fraction of sp³-hybridized carbons (Fsp3) is 0.105. The monoisotopic (exact) mass is 332 g/mol. The molecule has 6 heteroatoms. The summed E-state index contributed by atoms with van der Waals surface area (Å²) in [6.45, 7) is 2.36. The standard InChI is InChI=1S/C19H16N4O2/c1-13-7-8-14-4-2-6-16(18(14)21-13)19(24)22-17-9-10-20-23(17)12-15-5-3-11-25-15/h2-11H,12H2,1H3,(H,22,24). The highest BCUT2D eigenvalue weighted by atomic mass is 16.3. The number of hydrogen-bond acceptors (Lipinski definition) is 4. The number of furan rings is 1. The number of nitrogens with zero attached hydrogens (tertiary/aromatic N) is 3. The average molecular weight is 332 g/mol. The van der Waals surface area contributed by atoms with Crippen molar-refractivity contribution in [3.63, 3.8) is 0 Å². The molecule has 0 atom stereocenters. The van der Waals surface area contributed by atoms with Crippen LogP contribution in [0.4, 0.5) is 5.82 Å². The number of rotatable bonds is 4. The molecule has 0 aliphatic carbocycles. The Labute approximate surface area is 144 Å². The van der Waals surface area contributed by atoms with Crippen LogP contribution in [0.25, 0.3) is 10.9 Å². The number of aromatic nitrogens is 3. The maximum Gasteiger partial charge on any atom is 0.259 e. The van der Waals surface area contributed by atoms with E-state index >= 15 is 0 Å². The van der Waals surface area contributed by atoms with Crippen LogP contribution < -0.4 is 5.32 Å². The van der Waals surface area contributed by atoms with Gasteiger partial charge in [-0.15, -0.1) is 0 Å². The fourth-order valence-corrected chi connectivity index (χ4v) is 2.73. The lowest BCUT2D eigenvalue weighted by atomic mass is 10.1. The maximum atomic E-state index is 12.8. The summed E-state index contributed by atoms with van der Waals surface area (Å²) in [5, 5.41) is 8.08. The molecule has 4 rings (SSSR count). The maximum absolute atomic E-state index is 12.8. The summed E-state index contributed by atoms with van der Waals surface area (Å²) < 4.78 is 7.02. The predicted molar refractivity (Wildman–Crippen MR) is 94.5 cm³/mol. The third kappa shape index (κ3) is 3.01. The predicted octanol–water partition coefficient (Wildman–Crippen LogP) is 3.63. The van der Waals surface area contributed by atoms with Crippen molar-refractivity contribution in [2.45, 2.75) is 13.5 Å². The lowest BCUT2D eigenvalue weighted by Gasteiger charge is -2.10. The van der Waals surface area contributed by atoms with Crippen LogP contribution in [0.2, 0.25) is 0 Å². The number of para-hydroxylation sites is 1. The smallest absolute Gasteiger partial charge is 0.259 e. The van der Waals surface area contributed by atoms with Gasteiger partial charge in [0.05, 0.1) is 23.5 Å². The number of nitrogens with one attached hydrogen (secondary N) is 1. The number of benzene rings is 1. The van der Waals surface area contributed by atoms with Gasteiger partial charge in [0.25, 0.3) is 5.91 Å². The minimum atomic E-state index is -0.218. The van der Waals surface area contributed by atoms with Gasteiger partial charge in [-0.25, -0.2) is 4.68 Å². The Morgan fingerprint density at radius 2 is 2.08 bits per heavy atom. The first-order valence-corrected chi connectivity index (χ1v) is 7.92. The number of fused-ring (bicyclic) bond motifs is 1. The van der Waals surface area contributed by atoms with Crippen molar-refractivity contribution in [3.8, 4) is 0 Å². The van der Waals surface area contributed by atoms with Gasteiger partial charge in [0.1, 0.15) is 18.1 Å². The Morgan fingerprint density at radius 1 is 1.16 bits per heavy atom. The number of aryl methyl sites for hydroxylation is 1. The summed E-state index contributed by atoms with van der Waals surface area (Å²) in [5.41, 5.74) is 2.10. The van der Waals surface area contributed by atoms with Crippen molar-refractivity contribution >= 4 is 22.6 Å². The second-order valence-electron chi connectivity index (χ2n) is 5.74. The van der Waals surface area contributed by atoms with E-state index in [-0.39, 0.29) is 5.91 Å². The van der Waals surface area contributed by atoms with E-state index in [9.17, 15) is 4.79 Å². The third-order valence-electron chi connectivity index (χ3n) is 3.95. The molecule has 124 valence electrons. The molecule has 1 aromatic carbocycles. The van der Waals surface area contributed by atoms with Gasteiger partial charge in [0.15, 0.2) is 0 Å². The Kier molecular flexibility index (Phi) is 3.78. The minimum absolute atomic E-state index is 0.218. The Balaban J connectivity index is 1.63. The molecule has 0 unspecified atom stereocenters. The van der Waals surface area contributed by atoms with E-state index in [2.05, 4.69) is 15.4 Å². The number of pyridine rings is 1. The molecule has 1 amide bonds. The topological polar surface area (TPSA) is 73.0 Å². The van der Waals surface area contributed by atoms with E-state index in [1.807, 2.05) is 43.3 Å². The van der Waals surface area contributed by atoms with Crippen molar-refractivity contribution < 1.29 is 9.21 Å². The van der Waals surface area contributed by atoms with Crippen LogP contribution in [0.15, 0.2) is 65.4 Å². The fourth-order valence-electron chi connectivity index (χ4n) is 2.73. The Morgan fingerprint density at radius 3 is 2.92 bits per heavy atom. The highest BCUT2D eigenvalue weighted by Gasteiger charge is 2.14. The minimum Gasteiger partial charge on any atom is -0.467 e. The van der Waals surface area contributed by atoms with Crippen LogP contribution in [-0.2, 0) is 6.54 Å². The van der Waals surface area contributed by atoms with Gasteiger partial charge in [-0.2, -0.15) is 5.10 Å². The summed E-state index contributed by atoms with van der Waals surface area (Å²) in [6, 6.07) is 14.9. The number of carbonyl (C=O) groups excluding carboxylic acids is 1. The molecule has 1 N–H and O–H groups in total. The number of anilines is 1. The molecule has 0 aliphatic heterocycles. The van der Waals surface area contributed by atoms with Gasteiger partial charge in [-0.1, -0.05) is 18.2 Å².